The van der Waals surface area contributed by atoms with Gasteiger partial charge in [0.25, 0.3) is 0 Å². The lowest BCUT2D eigenvalue weighted by molar-refractivity contribution is 0.803. The number of hydrogen-bond acceptors (Lipinski definition) is 2. The van der Waals surface area contributed by atoms with E-state index >= 15 is 0 Å². The molecule has 0 aliphatic rings. The van der Waals surface area contributed by atoms with Crippen molar-refractivity contribution in [3.8, 4) is 0 Å². The second-order valence-corrected chi connectivity index (χ2v) is 3.78. The maximum atomic E-state index is 5.74. The van der Waals surface area contributed by atoms with E-state index in [1.807, 2.05) is 13.0 Å². The number of nitrogens with two attached hydrogens (primary N) is 1. The molecule has 4 heteroatoms. The molecule has 60 valence electrons. The van der Waals surface area contributed by atoms with Gasteiger partial charge in [-0.3, -0.25) is 0 Å². The van der Waals surface area contributed by atoms with Crippen molar-refractivity contribution in [3.63, 3.8) is 0 Å². The Morgan fingerprint density at radius 2 is 2.36 bits per heavy atom. The number of hydrogen-bond donors (Lipinski definition) is 1. The lowest BCUT2D eigenvalue weighted by Crippen LogP contribution is -2.07. The Morgan fingerprint density at radius 1 is 1.73 bits per heavy atom. The van der Waals surface area contributed by atoms with Crippen LogP contribution in [0.5, 0.6) is 0 Å². The van der Waals surface area contributed by atoms with E-state index in [-0.39, 0.29) is 6.04 Å². The fraction of sp³-hybridized carbons (Fsp3) is 0.286. The Hall–Kier alpha value is 0.130. The summed E-state index contributed by atoms with van der Waals surface area (Å²) in [6.45, 7) is 1.91. The van der Waals surface area contributed by atoms with Crippen molar-refractivity contribution in [2.75, 3.05) is 0 Å². The van der Waals surface area contributed by atoms with Crippen molar-refractivity contribution < 1.29 is 0 Å². The number of aromatic nitrogens is 1. The molecule has 0 saturated carbocycles. The van der Waals surface area contributed by atoms with E-state index in [0.29, 0.717) is 5.02 Å². The molecule has 0 radical (unpaired) electrons. The van der Waals surface area contributed by atoms with E-state index in [2.05, 4.69) is 27.6 Å². The first-order valence-corrected chi connectivity index (χ1v) is 4.63. The predicted molar refractivity (Wildman–Crippen MR) is 54.6 cm³/mol. The highest BCUT2D eigenvalue weighted by molar-refractivity contribution is 14.1. The van der Waals surface area contributed by atoms with Crippen LogP contribution in [0.3, 0.4) is 0 Å². The lowest BCUT2D eigenvalue weighted by atomic mass is 10.2. The molecule has 1 unspecified atom stereocenters. The van der Waals surface area contributed by atoms with E-state index in [1.165, 1.54) is 0 Å². The van der Waals surface area contributed by atoms with E-state index < -0.39 is 0 Å². The average Bonchev–Trinajstić information content (AvgIpc) is 1.94. The van der Waals surface area contributed by atoms with Crippen LogP contribution in [0.2, 0.25) is 5.02 Å². The van der Waals surface area contributed by atoms with E-state index in [1.54, 1.807) is 6.20 Å². The van der Waals surface area contributed by atoms with Gasteiger partial charge < -0.3 is 5.73 Å². The summed E-state index contributed by atoms with van der Waals surface area (Å²) in [5.74, 6) is 0. The van der Waals surface area contributed by atoms with Crippen LogP contribution >= 0.6 is 34.2 Å². The van der Waals surface area contributed by atoms with Gasteiger partial charge in [0, 0.05) is 17.8 Å². The molecule has 0 spiro atoms. The van der Waals surface area contributed by atoms with Crippen LogP contribution in [0.25, 0.3) is 0 Å². The highest BCUT2D eigenvalue weighted by atomic mass is 127. The summed E-state index contributed by atoms with van der Waals surface area (Å²) in [5, 5.41) is 0.637. The van der Waals surface area contributed by atoms with Crippen molar-refractivity contribution in [3.05, 3.63) is 26.5 Å². The van der Waals surface area contributed by atoms with Crippen molar-refractivity contribution in [2.24, 2.45) is 5.73 Å². The molecule has 0 saturated heterocycles. The summed E-state index contributed by atoms with van der Waals surface area (Å²) in [4.78, 5) is 4.07. The zero-order valence-corrected chi connectivity index (χ0v) is 8.93. The van der Waals surface area contributed by atoms with Crippen LogP contribution < -0.4 is 5.73 Å². The molecule has 1 heterocycles. The van der Waals surface area contributed by atoms with Crippen LogP contribution in [0.1, 0.15) is 18.5 Å². The second kappa shape index (κ2) is 3.69. The minimum Gasteiger partial charge on any atom is -0.324 e. The molecule has 2 N–H and O–H groups in total. The van der Waals surface area contributed by atoms with Gasteiger partial charge in [-0.2, -0.15) is 0 Å². The van der Waals surface area contributed by atoms with E-state index in [0.717, 1.165) is 9.26 Å². The predicted octanol–water partition coefficient (Wildman–Crippen LogP) is 2.36. The molecule has 11 heavy (non-hydrogen) atoms. The maximum Gasteiger partial charge on any atom is 0.106 e. The molecule has 1 atom stereocenters. The van der Waals surface area contributed by atoms with E-state index in [9.17, 15) is 0 Å². The molecular formula is C7H8ClIN2. The molecule has 0 bridgehead atoms. The van der Waals surface area contributed by atoms with Gasteiger partial charge in [-0.15, -0.1) is 0 Å². The monoisotopic (exact) mass is 282 g/mol. The minimum atomic E-state index is -0.00639. The third kappa shape index (κ3) is 2.28. The number of rotatable bonds is 1. The summed E-state index contributed by atoms with van der Waals surface area (Å²) >= 11 is 7.88. The van der Waals surface area contributed by atoms with Gasteiger partial charge in [0.15, 0.2) is 0 Å². The fourth-order valence-electron chi connectivity index (χ4n) is 0.758. The molecule has 2 nitrogen and oxygen atoms in total. The van der Waals surface area contributed by atoms with Gasteiger partial charge in [-0.1, -0.05) is 11.6 Å². The Kier molecular flexibility index (Phi) is 3.09. The van der Waals surface area contributed by atoms with Crippen LogP contribution in [-0.2, 0) is 0 Å². The molecule has 1 aromatic rings. The van der Waals surface area contributed by atoms with Crippen LogP contribution in [0, 0.1) is 3.70 Å². The Labute approximate surface area is 84.3 Å². The van der Waals surface area contributed by atoms with Gasteiger partial charge in [-0.25, -0.2) is 4.98 Å². The van der Waals surface area contributed by atoms with Crippen LogP contribution in [0.4, 0.5) is 0 Å². The van der Waals surface area contributed by atoms with Gasteiger partial charge in [0.05, 0.1) is 5.02 Å². The highest BCUT2D eigenvalue weighted by Crippen LogP contribution is 2.19. The first kappa shape index (κ1) is 9.22. The third-order valence-corrected chi connectivity index (χ3v) is 2.43. The smallest absolute Gasteiger partial charge is 0.106 e. The molecule has 0 aliphatic heterocycles. The molecule has 0 fully saturated rings. The Bertz CT molecular complexity index is 263. The molecule has 1 rings (SSSR count). The number of nitrogens with zero attached hydrogens (tertiary/aromatic N) is 1. The summed E-state index contributed by atoms with van der Waals surface area (Å²) in [6.07, 6.45) is 1.62. The number of pyridine rings is 1. The maximum absolute atomic E-state index is 5.74. The lowest BCUT2D eigenvalue weighted by Gasteiger charge is -2.06. The van der Waals surface area contributed by atoms with Crippen LogP contribution in [0.15, 0.2) is 12.3 Å². The normalized spacial score (nSPS) is 13.1. The molecular weight excluding hydrogens is 274 g/mol. The van der Waals surface area contributed by atoms with Gasteiger partial charge in [0.1, 0.15) is 3.70 Å². The summed E-state index contributed by atoms with van der Waals surface area (Å²) in [6, 6.07) is 1.84. The summed E-state index contributed by atoms with van der Waals surface area (Å²) < 4.78 is 0.919. The van der Waals surface area contributed by atoms with Crippen molar-refractivity contribution in [1.82, 2.24) is 4.98 Å². The zero-order chi connectivity index (χ0) is 8.43. The standard InChI is InChI=1S/C7H8ClIN2/c1-4(10)6-2-5(8)3-11-7(6)9/h2-4H,10H2,1H3. The molecule has 0 aliphatic carbocycles. The first-order chi connectivity index (χ1) is 5.11. The van der Waals surface area contributed by atoms with E-state index in [4.69, 9.17) is 17.3 Å². The Balaban J connectivity index is 3.13. The van der Waals surface area contributed by atoms with Gasteiger partial charge in [-0.05, 0) is 35.6 Å². The van der Waals surface area contributed by atoms with Crippen molar-refractivity contribution >= 4 is 34.2 Å². The minimum absolute atomic E-state index is 0.00639. The average molecular weight is 283 g/mol. The zero-order valence-electron chi connectivity index (χ0n) is 6.01. The largest absolute Gasteiger partial charge is 0.324 e. The number of halogens is 2. The summed E-state index contributed by atoms with van der Waals surface area (Å²) in [5.41, 5.74) is 6.68. The molecule has 0 aromatic carbocycles. The molecule has 0 amide bonds. The topological polar surface area (TPSA) is 38.9 Å². The SMILES string of the molecule is CC(N)c1cc(Cl)cnc1I. The Morgan fingerprint density at radius 3 is 2.82 bits per heavy atom. The second-order valence-electron chi connectivity index (χ2n) is 2.32. The third-order valence-electron chi connectivity index (χ3n) is 1.32. The quantitative estimate of drug-likeness (QED) is 0.634. The van der Waals surface area contributed by atoms with Crippen molar-refractivity contribution in [1.29, 1.82) is 0 Å². The van der Waals surface area contributed by atoms with Crippen molar-refractivity contribution in [2.45, 2.75) is 13.0 Å². The van der Waals surface area contributed by atoms with Gasteiger partial charge >= 0.3 is 0 Å². The molecule has 1 aromatic heterocycles. The first-order valence-electron chi connectivity index (χ1n) is 3.18. The van der Waals surface area contributed by atoms with Crippen LogP contribution in [-0.4, -0.2) is 4.98 Å². The summed E-state index contributed by atoms with van der Waals surface area (Å²) in [7, 11) is 0. The van der Waals surface area contributed by atoms with Gasteiger partial charge in [0.2, 0.25) is 0 Å². The fourth-order valence-corrected chi connectivity index (χ4v) is 1.71. The highest BCUT2D eigenvalue weighted by Gasteiger charge is 2.05.